The lowest BCUT2D eigenvalue weighted by Gasteiger charge is -2.07. The van der Waals surface area contributed by atoms with Crippen LogP contribution in [0, 0.1) is 6.92 Å². The number of hydrogen-bond acceptors (Lipinski definition) is 3. The molecule has 0 spiro atoms. The van der Waals surface area contributed by atoms with Crippen molar-refractivity contribution in [2.24, 2.45) is 7.05 Å². The van der Waals surface area contributed by atoms with Crippen molar-refractivity contribution in [2.75, 3.05) is 5.32 Å². The lowest BCUT2D eigenvalue weighted by atomic mass is 10.1. The standard InChI is InChI=1S/C22H21N3O3/c1-15-20(22(28)25(24(15)3)18-12-8-5-9-13-18)23-21(27)19(16(2)26)14-17-10-6-4-7-11-17/h4-14H,1-3H3,(H,23,27)/b19-14+. The highest BCUT2D eigenvalue weighted by Crippen LogP contribution is 2.16. The smallest absolute Gasteiger partial charge is 0.295 e. The molecule has 0 bridgehead atoms. The summed E-state index contributed by atoms with van der Waals surface area (Å²) in [5.41, 5.74) is 1.78. The Hall–Kier alpha value is -3.67. The van der Waals surface area contributed by atoms with Crippen LogP contribution in [0.4, 0.5) is 5.69 Å². The van der Waals surface area contributed by atoms with Crippen LogP contribution in [-0.2, 0) is 16.6 Å². The maximum Gasteiger partial charge on any atom is 0.295 e. The monoisotopic (exact) mass is 375 g/mol. The molecule has 0 saturated heterocycles. The molecule has 6 nitrogen and oxygen atoms in total. The maximum absolute atomic E-state index is 12.9. The summed E-state index contributed by atoms with van der Waals surface area (Å²) < 4.78 is 3.14. The largest absolute Gasteiger partial charge is 0.316 e. The van der Waals surface area contributed by atoms with Crippen molar-refractivity contribution in [3.05, 3.63) is 87.8 Å². The molecule has 28 heavy (non-hydrogen) atoms. The van der Waals surface area contributed by atoms with E-state index in [2.05, 4.69) is 5.32 Å². The number of carbonyl (C=O) groups is 2. The summed E-state index contributed by atoms with van der Waals surface area (Å²) in [7, 11) is 1.74. The van der Waals surface area contributed by atoms with Crippen LogP contribution in [0.15, 0.2) is 71.0 Å². The fourth-order valence-corrected chi connectivity index (χ4v) is 2.94. The highest BCUT2D eigenvalue weighted by Gasteiger charge is 2.21. The number of nitrogens with one attached hydrogen (secondary N) is 1. The van der Waals surface area contributed by atoms with Gasteiger partial charge in [0.1, 0.15) is 5.69 Å². The Bertz CT molecular complexity index is 1110. The zero-order chi connectivity index (χ0) is 20.3. The maximum atomic E-state index is 12.9. The van der Waals surface area contributed by atoms with E-state index in [0.29, 0.717) is 11.4 Å². The second-order valence-corrected chi connectivity index (χ2v) is 6.42. The summed E-state index contributed by atoms with van der Waals surface area (Å²) in [6.45, 7) is 3.07. The molecule has 2 aromatic carbocycles. The fourth-order valence-electron chi connectivity index (χ4n) is 2.94. The SMILES string of the molecule is CC(=O)/C(=C\c1ccccc1)C(=O)Nc1c(C)n(C)n(-c2ccccc2)c1=O. The van der Waals surface area contributed by atoms with Gasteiger partial charge in [-0.1, -0.05) is 48.5 Å². The molecule has 0 unspecified atom stereocenters. The Morgan fingerprint density at radius 1 is 0.964 bits per heavy atom. The normalized spacial score (nSPS) is 11.3. The number of para-hydroxylation sites is 1. The van der Waals surface area contributed by atoms with E-state index in [1.54, 1.807) is 30.8 Å². The van der Waals surface area contributed by atoms with Crippen LogP contribution in [-0.4, -0.2) is 21.1 Å². The van der Waals surface area contributed by atoms with Crippen molar-refractivity contribution >= 4 is 23.5 Å². The number of aromatic nitrogens is 2. The molecule has 1 N–H and O–H groups in total. The van der Waals surface area contributed by atoms with Crippen LogP contribution >= 0.6 is 0 Å². The molecule has 0 saturated carbocycles. The molecule has 1 amide bonds. The minimum atomic E-state index is -0.609. The summed E-state index contributed by atoms with van der Waals surface area (Å²) >= 11 is 0. The van der Waals surface area contributed by atoms with E-state index in [4.69, 9.17) is 0 Å². The van der Waals surface area contributed by atoms with Gasteiger partial charge in [-0.05, 0) is 37.6 Å². The third kappa shape index (κ3) is 3.71. The van der Waals surface area contributed by atoms with Crippen LogP contribution in [0.2, 0.25) is 0 Å². The molecule has 3 aromatic rings. The van der Waals surface area contributed by atoms with Crippen molar-refractivity contribution in [3.8, 4) is 5.69 Å². The third-order valence-electron chi connectivity index (χ3n) is 4.53. The molecule has 3 rings (SSSR count). The lowest BCUT2D eigenvalue weighted by molar-refractivity contribution is -0.118. The number of benzene rings is 2. The van der Waals surface area contributed by atoms with Gasteiger partial charge in [0.25, 0.3) is 11.5 Å². The van der Waals surface area contributed by atoms with E-state index in [0.717, 1.165) is 5.56 Å². The number of hydrogen-bond donors (Lipinski definition) is 1. The number of carbonyl (C=O) groups excluding carboxylic acids is 2. The first-order valence-electron chi connectivity index (χ1n) is 8.83. The lowest BCUT2D eigenvalue weighted by Crippen LogP contribution is -2.25. The Balaban J connectivity index is 1.99. The molecule has 0 aliphatic carbocycles. The van der Waals surface area contributed by atoms with E-state index in [9.17, 15) is 14.4 Å². The molecular formula is C22H21N3O3. The van der Waals surface area contributed by atoms with Gasteiger partial charge >= 0.3 is 0 Å². The molecule has 0 aliphatic rings. The molecule has 1 aromatic heterocycles. The molecule has 1 heterocycles. The highest BCUT2D eigenvalue weighted by atomic mass is 16.2. The quantitative estimate of drug-likeness (QED) is 0.423. The van der Waals surface area contributed by atoms with Gasteiger partial charge in [0.05, 0.1) is 17.0 Å². The van der Waals surface area contributed by atoms with Crippen molar-refractivity contribution < 1.29 is 9.59 Å². The number of rotatable bonds is 5. The van der Waals surface area contributed by atoms with Crippen molar-refractivity contribution in [1.29, 1.82) is 0 Å². The molecular weight excluding hydrogens is 354 g/mol. The molecule has 0 aliphatic heterocycles. The summed E-state index contributed by atoms with van der Waals surface area (Å²) in [6.07, 6.45) is 1.52. The number of amides is 1. The summed E-state index contributed by atoms with van der Waals surface area (Å²) in [4.78, 5) is 37.7. The molecule has 0 radical (unpaired) electrons. The fraction of sp³-hybridized carbons (Fsp3) is 0.136. The minimum Gasteiger partial charge on any atom is -0.316 e. The van der Waals surface area contributed by atoms with E-state index in [1.165, 1.54) is 17.7 Å². The molecule has 0 atom stereocenters. The number of ketones is 1. The molecule has 142 valence electrons. The highest BCUT2D eigenvalue weighted by molar-refractivity contribution is 6.25. The van der Waals surface area contributed by atoms with Gasteiger partial charge in [0, 0.05) is 7.05 Å². The second kappa shape index (κ2) is 7.92. The average Bonchev–Trinajstić information content (AvgIpc) is 2.90. The predicted molar refractivity (Wildman–Crippen MR) is 109 cm³/mol. The van der Waals surface area contributed by atoms with Gasteiger partial charge in [0.15, 0.2) is 5.78 Å². The summed E-state index contributed by atoms with van der Waals surface area (Å²) in [5.74, 6) is -0.985. The van der Waals surface area contributed by atoms with Crippen LogP contribution in [0.5, 0.6) is 0 Å². The van der Waals surface area contributed by atoms with E-state index in [-0.39, 0.29) is 22.6 Å². The van der Waals surface area contributed by atoms with Gasteiger partial charge in [-0.2, -0.15) is 0 Å². The topological polar surface area (TPSA) is 73.1 Å². The molecule has 6 heteroatoms. The Morgan fingerprint density at radius 2 is 1.54 bits per heavy atom. The third-order valence-corrected chi connectivity index (χ3v) is 4.53. The van der Waals surface area contributed by atoms with Crippen LogP contribution in [0.3, 0.4) is 0 Å². The van der Waals surface area contributed by atoms with Crippen LogP contribution in [0.1, 0.15) is 18.2 Å². The van der Waals surface area contributed by atoms with Gasteiger partial charge < -0.3 is 5.32 Å². The van der Waals surface area contributed by atoms with Crippen LogP contribution in [0.25, 0.3) is 11.8 Å². The molecule has 0 fully saturated rings. The van der Waals surface area contributed by atoms with E-state index < -0.39 is 5.91 Å². The van der Waals surface area contributed by atoms with Crippen molar-refractivity contribution in [2.45, 2.75) is 13.8 Å². The zero-order valence-electron chi connectivity index (χ0n) is 16.0. The van der Waals surface area contributed by atoms with E-state index in [1.807, 2.05) is 48.5 Å². The Labute approximate surface area is 162 Å². The van der Waals surface area contributed by atoms with E-state index >= 15 is 0 Å². The Morgan fingerprint density at radius 3 is 2.11 bits per heavy atom. The minimum absolute atomic E-state index is 0.0138. The van der Waals surface area contributed by atoms with Crippen LogP contribution < -0.4 is 10.9 Å². The predicted octanol–water partition coefficient (Wildman–Crippen LogP) is 3.10. The van der Waals surface area contributed by atoms with Gasteiger partial charge in [-0.15, -0.1) is 0 Å². The first-order chi connectivity index (χ1) is 13.4. The number of nitrogens with zero attached hydrogens (tertiary/aromatic N) is 2. The van der Waals surface area contributed by atoms with Crippen molar-refractivity contribution in [3.63, 3.8) is 0 Å². The Kier molecular flexibility index (Phi) is 5.40. The van der Waals surface area contributed by atoms with Gasteiger partial charge in [-0.3, -0.25) is 19.1 Å². The van der Waals surface area contributed by atoms with Crippen molar-refractivity contribution in [1.82, 2.24) is 9.36 Å². The van der Waals surface area contributed by atoms with Gasteiger partial charge in [0.2, 0.25) is 0 Å². The first kappa shape index (κ1) is 19.1. The summed E-state index contributed by atoms with van der Waals surface area (Å²) in [6, 6.07) is 18.2. The average molecular weight is 375 g/mol. The number of Topliss-reactive ketones (excluding diaryl/α,β-unsaturated/α-hetero) is 1. The summed E-state index contributed by atoms with van der Waals surface area (Å²) in [5, 5.41) is 2.63. The first-order valence-corrected chi connectivity index (χ1v) is 8.83. The number of anilines is 1. The second-order valence-electron chi connectivity index (χ2n) is 6.42. The van der Waals surface area contributed by atoms with Gasteiger partial charge in [-0.25, -0.2) is 4.68 Å². The zero-order valence-corrected chi connectivity index (χ0v) is 16.0.